The number of nitrogens with zero attached hydrogens (tertiary/aromatic N) is 1. The maximum Gasteiger partial charge on any atom is 0.331 e. The van der Waals surface area contributed by atoms with Gasteiger partial charge >= 0.3 is 5.97 Å². The Morgan fingerprint density at radius 3 is 2.26 bits per heavy atom. The molecule has 4 heteroatoms. The van der Waals surface area contributed by atoms with Crippen LogP contribution in [0.25, 0.3) is 0 Å². The largest absolute Gasteiger partial charge is 0.479 e. The predicted molar refractivity (Wildman–Crippen MR) is 71.7 cm³/mol. The van der Waals surface area contributed by atoms with E-state index >= 15 is 0 Å². The Balaban J connectivity index is 2.32. The molecule has 4 nitrogen and oxygen atoms in total. The highest BCUT2D eigenvalue weighted by Gasteiger charge is 2.39. The minimum Gasteiger partial charge on any atom is -0.479 e. The molecule has 1 aromatic rings. The second-order valence-electron chi connectivity index (χ2n) is 4.99. The summed E-state index contributed by atoms with van der Waals surface area (Å²) in [4.78, 5) is 24.8. The van der Waals surface area contributed by atoms with E-state index in [1.807, 2.05) is 24.3 Å². The monoisotopic (exact) mass is 261 g/mol. The van der Waals surface area contributed by atoms with Crippen LogP contribution in [-0.4, -0.2) is 27.9 Å². The highest BCUT2D eigenvalue weighted by atomic mass is 16.4. The van der Waals surface area contributed by atoms with Crippen molar-refractivity contribution in [3.63, 3.8) is 0 Å². The lowest BCUT2D eigenvalue weighted by atomic mass is 10.0. The minimum absolute atomic E-state index is 0.0875. The number of aliphatic carboxylic acids is 1. The molecule has 1 unspecified atom stereocenters. The zero-order valence-corrected chi connectivity index (χ0v) is 11.3. The standard InChI is InChI=1S/C15H19NO3/c1-3-11-4-6-12(7-5-11)14(15(18)19)16(10(2)17)13-8-9-13/h4-7,13-14H,3,8-9H2,1-2H3,(H,18,19). The lowest BCUT2D eigenvalue weighted by molar-refractivity contribution is -0.150. The van der Waals surface area contributed by atoms with Gasteiger partial charge in [0.1, 0.15) is 0 Å². The Morgan fingerprint density at radius 2 is 1.89 bits per heavy atom. The van der Waals surface area contributed by atoms with E-state index in [2.05, 4.69) is 6.92 Å². The van der Waals surface area contributed by atoms with Gasteiger partial charge in [-0.25, -0.2) is 4.79 Å². The number of carboxylic acids is 1. The second-order valence-corrected chi connectivity index (χ2v) is 4.99. The van der Waals surface area contributed by atoms with Crippen LogP contribution in [0.1, 0.15) is 43.9 Å². The fourth-order valence-electron chi connectivity index (χ4n) is 2.36. The molecule has 0 radical (unpaired) electrons. The van der Waals surface area contributed by atoms with Crippen LogP contribution in [0.5, 0.6) is 0 Å². The van der Waals surface area contributed by atoms with E-state index in [9.17, 15) is 14.7 Å². The molecule has 0 heterocycles. The summed E-state index contributed by atoms with van der Waals surface area (Å²) in [5, 5.41) is 9.46. The van der Waals surface area contributed by atoms with Crippen molar-refractivity contribution in [1.82, 2.24) is 4.90 Å². The molecule has 1 N–H and O–H groups in total. The first-order valence-electron chi connectivity index (χ1n) is 6.65. The third-order valence-corrected chi connectivity index (χ3v) is 3.52. The molecule has 102 valence electrons. The van der Waals surface area contributed by atoms with Gasteiger partial charge in [0.25, 0.3) is 0 Å². The molecule has 0 bridgehead atoms. The van der Waals surface area contributed by atoms with E-state index in [4.69, 9.17) is 0 Å². The predicted octanol–water partition coefficient (Wildman–Crippen LogP) is 2.39. The van der Waals surface area contributed by atoms with Crippen LogP contribution in [0, 0.1) is 0 Å². The highest BCUT2D eigenvalue weighted by Crippen LogP contribution is 2.34. The fraction of sp³-hybridized carbons (Fsp3) is 0.467. The van der Waals surface area contributed by atoms with Gasteiger partial charge in [0.05, 0.1) is 0 Å². The van der Waals surface area contributed by atoms with Crippen molar-refractivity contribution in [3.05, 3.63) is 35.4 Å². The molecule has 1 aromatic carbocycles. The van der Waals surface area contributed by atoms with E-state index in [1.54, 1.807) is 0 Å². The number of benzene rings is 1. The number of hydrogen-bond acceptors (Lipinski definition) is 2. The zero-order chi connectivity index (χ0) is 14.0. The van der Waals surface area contributed by atoms with E-state index in [-0.39, 0.29) is 11.9 Å². The summed E-state index contributed by atoms with van der Waals surface area (Å²) in [6, 6.07) is 6.71. The van der Waals surface area contributed by atoms with Crippen molar-refractivity contribution in [2.75, 3.05) is 0 Å². The molecule has 1 aliphatic rings. The summed E-state index contributed by atoms with van der Waals surface area (Å²) < 4.78 is 0. The normalized spacial score (nSPS) is 15.9. The number of carbonyl (C=O) groups excluding carboxylic acids is 1. The highest BCUT2D eigenvalue weighted by molar-refractivity contribution is 5.84. The van der Waals surface area contributed by atoms with Crippen LogP contribution in [0.15, 0.2) is 24.3 Å². The first kappa shape index (κ1) is 13.6. The summed E-state index contributed by atoms with van der Waals surface area (Å²) >= 11 is 0. The Morgan fingerprint density at radius 1 is 1.32 bits per heavy atom. The molecule has 1 atom stereocenters. The van der Waals surface area contributed by atoms with E-state index in [0.717, 1.165) is 24.8 Å². The minimum atomic E-state index is -0.966. The summed E-state index contributed by atoms with van der Waals surface area (Å²) in [6.45, 7) is 3.49. The second kappa shape index (κ2) is 5.43. The number of carbonyl (C=O) groups is 2. The Labute approximate surface area is 113 Å². The third-order valence-electron chi connectivity index (χ3n) is 3.52. The van der Waals surface area contributed by atoms with Gasteiger partial charge in [-0.05, 0) is 30.4 Å². The molecule has 0 spiro atoms. The van der Waals surface area contributed by atoms with E-state index < -0.39 is 12.0 Å². The topological polar surface area (TPSA) is 57.6 Å². The smallest absolute Gasteiger partial charge is 0.331 e. The van der Waals surface area contributed by atoms with E-state index in [1.165, 1.54) is 11.8 Å². The molecule has 0 aromatic heterocycles. The van der Waals surface area contributed by atoms with Gasteiger partial charge in [-0.2, -0.15) is 0 Å². The molecule has 1 aliphatic carbocycles. The van der Waals surface area contributed by atoms with Crippen molar-refractivity contribution in [2.45, 2.75) is 45.2 Å². The fourth-order valence-corrected chi connectivity index (χ4v) is 2.36. The summed E-state index contributed by atoms with van der Waals surface area (Å²) in [5.74, 6) is -1.14. The lowest BCUT2D eigenvalue weighted by Gasteiger charge is -2.28. The quantitative estimate of drug-likeness (QED) is 0.885. The number of aryl methyl sites for hydroxylation is 1. The van der Waals surface area contributed by atoms with Crippen molar-refractivity contribution < 1.29 is 14.7 Å². The average molecular weight is 261 g/mol. The SMILES string of the molecule is CCc1ccc(C(C(=O)O)N(C(C)=O)C2CC2)cc1. The van der Waals surface area contributed by atoms with Crippen LogP contribution < -0.4 is 0 Å². The third kappa shape index (κ3) is 2.95. The molecule has 0 saturated heterocycles. The first-order chi connectivity index (χ1) is 9.04. The van der Waals surface area contributed by atoms with Crippen LogP contribution >= 0.6 is 0 Å². The molecule has 1 fully saturated rings. The first-order valence-corrected chi connectivity index (χ1v) is 6.65. The number of rotatable bonds is 5. The van der Waals surface area contributed by atoms with Gasteiger partial charge in [0.15, 0.2) is 6.04 Å². The van der Waals surface area contributed by atoms with E-state index in [0.29, 0.717) is 5.56 Å². The Bertz CT molecular complexity index is 477. The van der Waals surface area contributed by atoms with Gasteiger partial charge in [0.2, 0.25) is 5.91 Å². The van der Waals surface area contributed by atoms with Crippen LogP contribution in [0.2, 0.25) is 0 Å². The molecular formula is C15H19NO3. The summed E-state index contributed by atoms with van der Waals surface area (Å²) in [7, 11) is 0. The molecule has 1 amide bonds. The molecule has 19 heavy (non-hydrogen) atoms. The van der Waals surface area contributed by atoms with Crippen molar-refractivity contribution >= 4 is 11.9 Å². The molecular weight excluding hydrogens is 242 g/mol. The lowest BCUT2D eigenvalue weighted by Crippen LogP contribution is -2.39. The average Bonchev–Trinajstić information content (AvgIpc) is 3.19. The number of hydrogen-bond donors (Lipinski definition) is 1. The molecule has 2 rings (SSSR count). The van der Waals surface area contributed by atoms with Gasteiger partial charge in [0, 0.05) is 13.0 Å². The summed E-state index contributed by atoms with van der Waals surface area (Å²) in [6.07, 6.45) is 2.71. The van der Waals surface area contributed by atoms with Gasteiger partial charge in [-0.3, -0.25) is 4.79 Å². The molecule has 1 saturated carbocycles. The van der Waals surface area contributed by atoms with Gasteiger partial charge in [-0.1, -0.05) is 31.2 Å². The van der Waals surface area contributed by atoms with Crippen LogP contribution in [-0.2, 0) is 16.0 Å². The number of carboxylic acid groups (broad SMARTS) is 1. The van der Waals surface area contributed by atoms with Crippen molar-refractivity contribution in [1.29, 1.82) is 0 Å². The number of amides is 1. The zero-order valence-electron chi connectivity index (χ0n) is 11.3. The van der Waals surface area contributed by atoms with Gasteiger partial charge in [-0.15, -0.1) is 0 Å². The van der Waals surface area contributed by atoms with Gasteiger partial charge < -0.3 is 10.0 Å². The Kier molecular flexibility index (Phi) is 3.88. The summed E-state index contributed by atoms with van der Waals surface area (Å²) in [5.41, 5.74) is 1.83. The maximum atomic E-state index is 11.7. The Hall–Kier alpha value is -1.84. The van der Waals surface area contributed by atoms with Crippen LogP contribution in [0.3, 0.4) is 0 Å². The maximum absolute atomic E-state index is 11.7. The van der Waals surface area contributed by atoms with Crippen molar-refractivity contribution in [2.24, 2.45) is 0 Å². The van der Waals surface area contributed by atoms with Crippen molar-refractivity contribution in [3.8, 4) is 0 Å². The molecule has 0 aliphatic heterocycles. The van der Waals surface area contributed by atoms with Crippen LogP contribution in [0.4, 0.5) is 0 Å².